The average Bonchev–Trinajstić information content (AvgIpc) is 3.66. The van der Waals surface area contributed by atoms with Gasteiger partial charge < -0.3 is 10.6 Å². The summed E-state index contributed by atoms with van der Waals surface area (Å²) in [7, 11) is 1.86. The van der Waals surface area contributed by atoms with Gasteiger partial charge in [0, 0.05) is 37.4 Å². The van der Waals surface area contributed by atoms with Gasteiger partial charge in [-0.15, -0.1) is 22.7 Å². The Morgan fingerprint density at radius 3 is 1.55 bits per heavy atom. The van der Waals surface area contributed by atoms with E-state index in [-0.39, 0.29) is 11.1 Å². The molecule has 6 heterocycles. The van der Waals surface area contributed by atoms with E-state index in [2.05, 4.69) is 20.6 Å². The fourth-order valence-electron chi connectivity index (χ4n) is 5.75. The molecule has 0 fully saturated rings. The lowest BCUT2D eigenvalue weighted by Gasteiger charge is -2.09. The number of hydrogen-bond acceptors (Lipinski definition) is 10. The lowest BCUT2D eigenvalue weighted by atomic mass is 10.2. The van der Waals surface area contributed by atoms with Crippen LogP contribution < -0.4 is 21.8 Å². The van der Waals surface area contributed by atoms with Gasteiger partial charge in [-0.3, -0.25) is 18.7 Å². The van der Waals surface area contributed by atoms with E-state index < -0.39 is 0 Å². The first-order chi connectivity index (χ1) is 22.9. The number of hydrogen-bond donors (Lipinski definition) is 2. The molecule has 0 radical (unpaired) electrons. The summed E-state index contributed by atoms with van der Waals surface area (Å²) < 4.78 is 4.57. The Balaban J connectivity index is 0.000000150. The smallest absolute Gasteiger partial charge is 0.276 e. The molecule has 0 aliphatic heterocycles. The normalized spacial score (nSPS) is 11.2. The van der Waals surface area contributed by atoms with Crippen LogP contribution in [0.15, 0.2) is 94.8 Å². The standard InChI is InChI=1S/C18H16N4OS.C17H14N4OS/c1-3-19-13-9-10-20-17-14(13)15-16(24-17)18(23)22(11(2)21-15)12-7-5-4-6-8-12;1-10-20-14-13-12(18-2)8-9-19-16(13)23-15(14)17(22)21(10)11-6-4-3-5-7-11/h4-10H,3H2,1-2H3,(H,19,20);3-9H,1-2H3,(H,18,19). The summed E-state index contributed by atoms with van der Waals surface area (Å²) in [6, 6.07) is 23.0. The predicted octanol–water partition coefficient (Wildman–Crippen LogP) is 7.08. The topological polar surface area (TPSA) is 120 Å². The van der Waals surface area contributed by atoms with Crippen LogP contribution in [-0.2, 0) is 0 Å². The fourth-order valence-corrected chi connectivity index (χ4v) is 7.82. The molecule has 0 saturated carbocycles. The second kappa shape index (κ2) is 12.4. The molecule has 12 heteroatoms. The maximum Gasteiger partial charge on any atom is 0.276 e. The number of para-hydroxylation sites is 2. The van der Waals surface area contributed by atoms with Gasteiger partial charge in [-0.05, 0) is 57.2 Å². The van der Waals surface area contributed by atoms with E-state index >= 15 is 0 Å². The van der Waals surface area contributed by atoms with Gasteiger partial charge in [-0.1, -0.05) is 36.4 Å². The first-order valence-electron chi connectivity index (χ1n) is 15.1. The van der Waals surface area contributed by atoms with Crippen molar-refractivity contribution in [2.45, 2.75) is 20.8 Å². The Morgan fingerprint density at radius 1 is 0.660 bits per heavy atom. The van der Waals surface area contributed by atoms with Crippen molar-refractivity contribution in [3.8, 4) is 11.4 Å². The minimum atomic E-state index is -0.0521. The highest BCUT2D eigenvalue weighted by molar-refractivity contribution is 7.25. The lowest BCUT2D eigenvalue weighted by Crippen LogP contribution is -2.21. The average molecular weight is 659 g/mol. The van der Waals surface area contributed by atoms with Crippen molar-refractivity contribution in [3.63, 3.8) is 0 Å². The highest BCUT2D eigenvalue weighted by Gasteiger charge is 2.19. The van der Waals surface area contributed by atoms with Crippen LogP contribution in [0.1, 0.15) is 18.6 Å². The summed E-state index contributed by atoms with van der Waals surface area (Å²) >= 11 is 2.79. The summed E-state index contributed by atoms with van der Waals surface area (Å²) in [5.41, 5.74) is 4.90. The quantitative estimate of drug-likeness (QED) is 0.201. The molecule has 6 aromatic heterocycles. The summed E-state index contributed by atoms with van der Waals surface area (Å²) in [5.74, 6) is 1.34. The number of aromatic nitrogens is 6. The Hall–Kier alpha value is -5.46. The summed E-state index contributed by atoms with van der Waals surface area (Å²) in [6.07, 6.45) is 3.50. The molecule has 47 heavy (non-hydrogen) atoms. The van der Waals surface area contributed by atoms with Crippen LogP contribution in [0.2, 0.25) is 0 Å². The number of fused-ring (bicyclic) bond motifs is 6. The van der Waals surface area contributed by atoms with Crippen LogP contribution in [0.5, 0.6) is 0 Å². The second-order valence-electron chi connectivity index (χ2n) is 10.7. The summed E-state index contributed by atoms with van der Waals surface area (Å²) in [5, 5.41) is 8.33. The van der Waals surface area contributed by atoms with Crippen molar-refractivity contribution in [2.75, 3.05) is 24.2 Å². The van der Waals surface area contributed by atoms with Gasteiger partial charge in [0.25, 0.3) is 11.1 Å². The van der Waals surface area contributed by atoms with Crippen molar-refractivity contribution in [1.29, 1.82) is 0 Å². The van der Waals surface area contributed by atoms with Gasteiger partial charge in [0.2, 0.25) is 0 Å². The molecule has 0 saturated heterocycles. The number of anilines is 2. The molecule has 0 aliphatic carbocycles. The molecule has 8 aromatic rings. The molecule has 0 bridgehead atoms. The third kappa shape index (κ3) is 5.21. The number of aryl methyl sites for hydroxylation is 2. The number of rotatable bonds is 5. The molecule has 0 amide bonds. The molecule has 0 unspecified atom stereocenters. The third-order valence-corrected chi connectivity index (χ3v) is 9.94. The SMILES string of the molecule is CCNc1ccnc2sc3c(=O)n(-c4ccccc4)c(C)nc3c12.CNc1ccnc2sc3c(=O)n(-c4ccccc4)c(C)nc3c12. The largest absolute Gasteiger partial charge is 0.387 e. The number of thiophene rings is 2. The van der Waals surface area contributed by atoms with E-state index in [9.17, 15) is 9.59 Å². The van der Waals surface area contributed by atoms with Gasteiger partial charge in [0.15, 0.2) is 0 Å². The molecule has 2 aromatic carbocycles. The van der Waals surface area contributed by atoms with E-state index in [0.717, 1.165) is 60.8 Å². The Kier molecular flexibility index (Phi) is 7.96. The first-order valence-corrected chi connectivity index (χ1v) is 16.7. The van der Waals surface area contributed by atoms with Crippen LogP contribution in [0, 0.1) is 13.8 Å². The Bertz CT molecular complexity index is 2540. The van der Waals surface area contributed by atoms with Crippen LogP contribution in [0.3, 0.4) is 0 Å². The minimum Gasteiger partial charge on any atom is -0.387 e. The Morgan fingerprint density at radius 2 is 1.11 bits per heavy atom. The number of pyridine rings is 2. The predicted molar refractivity (Wildman–Crippen MR) is 194 cm³/mol. The van der Waals surface area contributed by atoms with Gasteiger partial charge in [-0.2, -0.15) is 0 Å². The fraction of sp³-hybridized carbons (Fsp3) is 0.143. The van der Waals surface area contributed by atoms with E-state index in [1.807, 2.05) is 101 Å². The molecule has 234 valence electrons. The zero-order chi connectivity index (χ0) is 32.7. The molecule has 0 aliphatic rings. The molecule has 0 atom stereocenters. The monoisotopic (exact) mass is 658 g/mol. The van der Waals surface area contributed by atoms with E-state index in [1.54, 1.807) is 21.5 Å². The molecule has 10 nitrogen and oxygen atoms in total. The van der Waals surface area contributed by atoms with Crippen molar-refractivity contribution in [2.24, 2.45) is 0 Å². The van der Waals surface area contributed by atoms with Crippen molar-refractivity contribution < 1.29 is 0 Å². The Labute approximate surface area is 277 Å². The number of benzene rings is 2. The molecule has 2 N–H and O–H groups in total. The zero-order valence-electron chi connectivity index (χ0n) is 26.1. The summed E-state index contributed by atoms with van der Waals surface area (Å²) in [6.45, 7) is 6.56. The van der Waals surface area contributed by atoms with Gasteiger partial charge in [0.05, 0.1) is 22.1 Å². The number of nitrogens with zero attached hydrogens (tertiary/aromatic N) is 6. The summed E-state index contributed by atoms with van der Waals surface area (Å²) in [4.78, 5) is 46.0. The van der Waals surface area contributed by atoms with Crippen LogP contribution in [0.25, 0.3) is 52.2 Å². The van der Waals surface area contributed by atoms with E-state index in [4.69, 9.17) is 9.97 Å². The van der Waals surface area contributed by atoms with Crippen LogP contribution >= 0.6 is 22.7 Å². The lowest BCUT2D eigenvalue weighted by molar-refractivity contribution is 0.898. The number of nitrogens with one attached hydrogen (secondary N) is 2. The molecular formula is C35H30N8O2S2. The van der Waals surface area contributed by atoms with Gasteiger partial charge in [0.1, 0.15) is 41.7 Å². The molecular weight excluding hydrogens is 629 g/mol. The van der Waals surface area contributed by atoms with Gasteiger partial charge >= 0.3 is 0 Å². The van der Waals surface area contributed by atoms with E-state index in [0.29, 0.717) is 21.0 Å². The van der Waals surface area contributed by atoms with Crippen molar-refractivity contribution in [3.05, 3.63) is 118 Å². The van der Waals surface area contributed by atoms with Crippen LogP contribution in [-0.4, -0.2) is 42.7 Å². The van der Waals surface area contributed by atoms with E-state index in [1.165, 1.54) is 22.7 Å². The highest BCUT2D eigenvalue weighted by Crippen LogP contribution is 2.35. The second-order valence-corrected chi connectivity index (χ2v) is 12.7. The zero-order valence-corrected chi connectivity index (χ0v) is 27.7. The minimum absolute atomic E-state index is 0.0471. The van der Waals surface area contributed by atoms with Crippen molar-refractivity contribution >= 4 is 74.9 Å². The first kappa shape index (κ1) is 30.2. The maximum atomic E-state index is 13.1. The van der Waals surface area contributed by atoms with Crippen LogP contribution in [0.4, 0.5) is 11.4 Å². The van der Waals surface area contributed by atoms with Gasteiger partial charge in [-0.25, -0.2) is 19.9 Å². The highest BCUT2D eigenvalue weighted by atomic mass is 32.1. The molecule has 8 rings (SSSR count). The molecule has 0 spiro atoms. The van der Waals surface area contributed by atoms with Crippen molar-refractivity contribution in [1.82, 2.24) is 29.1 Å². The maximum absolute atomic E-state index is 13.1. The third-order valence-electron chi connectivity index (χ3n) is 7.79.